The first kappa shape index (κ1) is 16.0. The van der Waals surface area contributed by atoms with Gasteiger partial charge >= 0.3 is 0 Å². The van der Waals surface area contributed by atoms with Crippen LogP contribution in [0.4, 0.5) is 13.2 Å². The fraction of sp³-hybridized carbons (Fsp3) is 0.176. The van der Waals surface area contributed by atoms with Crippen LogP contribution in [0.15, 0.2) is 36.7 Å². The Kier molecular flexibility index (Phi) is 4.24. The van der Waals surface area contributed by atoms with Crippen LogP contribution < -0.4 is 5.32 Å². The van der Waals surface area contributed by atoms with Crippen LogP contribution in [0.1, 0.15) is 21.6 Å². The number of hydrogen-bond donors (Lipinski definition) is 1. The minimum absolute atomic E-state index is 0.195. The van der Waals surface area contributed by atoms with Gasteiger partial charge < -0.3 is 9.72 Å². The molecule has 1 amide bonds. The largest absolute Gasteiger partial charge is 0.352 e. The molecular weight excluding hydrogens is 319 g/mol. The van der Waals surface area contributed by atoms with E-state index in [9.17, 15) is 18.0 Å². The maximum atomic E-state index is 13.5. The Morgan fingerprint density at radius 3 is 2.79 bits per heavy atom. The number of pyridine rings is 1. The number of aryl methyl sites for hydroxylation is 1. The summed E-state index contributed by atoms with van der Waals surface area (Å²) >= 11 is 0. The fourth-order valence-corrected chi connectivity index (χ4v) is 2.36. The van der Waals surface area contributed by atoms with Gasteiger partial charge in [0.1, 0.15) is 5.65 Å². The standard InChI is InChI=1S/C17H14F3N3O/c1-10-5-7-23-9-11(22-14(23)8-10)4-6-21-17(24)12-2-3-13(18)16(20)15(12)19/h2-3,5,7-9H,4,6H2,1H3,(H,21,24). The molecular formula is C17H14F3N3O. The van der Waals surface area contributed by atoms with Gasteiger partial charge in [-0.25, -0.2) is 18.2 Å². The zero-order chi connectivity index (χ0) is 17.3. The van der Waals surface area contributed by atoms with Crippen LogP contribution >= 0.6 is 0 Å². The lowest BCUT2D eigenvalue weighted by atomic mass is 10.2. The second-order valence-electron chi connectivity index (χ2n) is 5.43. The summed E-state index contributed by atoms with van der Waals surface area (Å²) in [4.78, 5) is 16.3. The number of amides is 1. The Balaban J connectivity index is 1.65. The highest BCUT2D eigenvalue weighted by Gasteiger charge is 2.18. The molecule has 0 unspecified atom stereocenters. The van der Waals surface area contributed by atoms with Crippen molar-refractivity contribution >= 4 is 11.6 Å². The van der Waals surface area contributed by atoms with Crippen molar-refractivity contribution in [1.82, 2.24) is 14.7 Å². The Labute approximate surface area is 135 Å². The third kappa shape index (κ3) is 3.10. The molecule has 0 fully saturated rings. The molecule has 0 saturated heterocycles. The molecule has 0 aliphatic rings. The maximum Gasteiger partial charge on any atom is 0.254 e. The van der Waals surface area contributed by atoms with Crippen molar-refractivity contribution in [1.29, 1.82) is 0 Å². The Hall–Kier alpha value is -2.83. The molecule has 3 rings (SSSR count). The normalized spacial score (nSPS) is 11.0. The first-order valence-corrected chi connectivity index (χ1v) is 7.31. The molecule has 0 radical (unpaired) electrons. The van der Waals surface area contributed by atoms with Crippen molar-refractivity contribution in [2.24, 2.45) is 0 Å². The smallest absolute Gasteiger partial charge is 0.254 e. The monoisotopic (exact) mass is 333 g/mol. The molecule has 0 aliphatic carbocycles. The summed E-state index contributed by atoms with van der Waals surface area (Å²) in [7, 11) is 0. The highest BCUT2D eigenvalue weighted by atomic mass is 19.2. The number of nitrogens with one attached hydrogen (secondary N) is 1. The van der Waals surface area contributed by atoms with Crippen LogP contribution in [0, 0.1) is 24.4 Å². The second kappa shape index (κ2) is 6.35. The highest BCUT2D eigenvalue weighted by molar-refractivity contribution is 5.94. The number of halogens is 3. The molecule has 2 aromatic heterocycles. The number of carbonyl (C=O) groups excluding carboxylic acids is 1. The van der Waals surface area contributed by atoms with Crippen LogP contribution in [-0.2, 0) is 6.42 Å². The number of aromatic nitrogens is 2. The van der Waals surface area contributed by atoms with Gasteiger partial charge in [0, 0.05) is 25.4 Å². The summed E-state index contributed by atoms with van der Waals surface area (Å²) < 4.78 is 41.4. The zero-order valence-electron chi connectivity index (χ0n) is 12.8. The van der Waals surface area contributed by atoms with E-state index < -0.39 is 28.9 Å². The molecule has 4 nitrogen and oxygen atoms in total. The van der Waals surface area contributed by atoms with Crippen molar-refractivity contribution < 1.29 is 18.0 Å². The van der Waals surface area contributed by atoms with Crippen LogP contribution in [0.2, 0.25) is 0 Å². The van der Waals surface area contributed by atoms with Gasteiger partial charge in [-0.05, 0) is 36.8 Å². The number of benzene rings is 1. The zero-order valence-corrected chi connectivity index (χ0v) is 12.8. The fourth-order valence-electron chi connectivity index (χ4n) is 2.36. The molecule has 0 saturated carbocycles. The van der Waals surface area contributed by atoms with Gasteiger partial charge in [0.25, 0.3) is 5.91 Å². The summed E-state index contributed by atoms with van der Waals surface area (Å²) in [6, 6.07) is 5.51. The van der Waals surface area contributed by atoms with Crippen LogP contribution in [0.3, 0.4) is 0 Å². The van der Waals surface area contributed by atoms with E-state index in [1.165, 1.54) is 0 Å². The predicted molar refractivity (Wildman–Crippen MR) is 82.3 cm³/mol. The Morgan fingerprint density at radius 1 is 1.21 bits per heavy atom. The SMILES string of the molecule is Cc1ccn2cc(CCNC(=O)c3ccc(F)c(F)c3F)nc2c1. The van der Waals surface area contributed by atoms with E-state index in [1.54, 1.807) is 0 Å². The van der Waals surface area contributed by atoms with Crippen LogP contribution in [0.5, 0.6) is 0 Å². The molecule has 0 atom stereocenters. The minimum Gasteiger partial charge on any atom is -0.352 e. The predicted octanol–water partition coefficient (Wildman–Crippen LogP) is 3.03. The third-order valence-electron chi connectivity index (χ3n) is 3.61. The average Bonchev–Trinajstić information content (AvgIpc) is 2.94. The van der Waals surface area contributed by atoms with Gasteiger partial charge in [0.2, 0.25) is 0 Å². The maximum absolute atomic E-state index is 13.5. The van der Waals surface area contributed by atoms with Crippen molar-refractivity contribution in [3.05, 3.63) is 70.9 Å². The van der Waals surface area contributed by atoms with E-state index in [2.05, 4.69) is 10.3 Å². The van der Waals surface area contributed by atoms with Crippen molar-refractivity contribution in [2.75, 3.05) is 6.54 Å². The highest BCUT2D eigenvalue weighted by Crippen LogP contribution is 2.15. The molecule has 0 spiro atoms. The number of imidazole rings is 1. The van der Waals surface area contributed by atoms with Gasteiger partial charge in [-0.3, -0.25) is 4.79 Å². The first-order valence-electron chi connectivity index (χ1n) is 7.31. The lowest BCUT2D eigenvalue weighted by molar-refractivity contribution is 0.0948. The summed E-state index contributed by atoms with van der Waals surface area (Å²) in [5, 5.41) is 2.47. The Morgan fingerprint density at radius 2 is 2.00 bits per heavy atom. The van der Waals surface area contributed by atoms with Crippen molar-refractivity contribution in [3.63, 3.8) is 0 Å². The first-order chi connectivity index (χ1) is 11.5. The summed E-state index contributed by atoms with van der Waals surface area (Å²) in [5.74, 6) is -5.27. The van der Waals surface area contributed by atoms with Gasteiger partial charge in [0.15, 0.2) is 17.5 Å². The lowest BCUT2D eigenvalue weighted by Gasteiger charge is -2.06. The van der Waals surface area contributed by atoms with E-state index in [-0.39, 0.29) is 6.54 Å². The number of carbonyl (C=O) groups is 1. The van der Waals surface area contributed by atoms with Crippen LogP contribution in [0.25, 0.3) is 5.65 Å². The summed E-state index contributed by atoms with van der Waals surface area (Å²) in [5.41, 5.74) is 2.11. The van der Waals surface area contributed by atoms with Gasteiger partial charge in [0.05, 0.1) is 11.3 Å². The number of hydrogen-bond acceptors (Lipinski definition) is 2. The number of fused-ring (bicyclic) bond motifs is 1. The molecule has 2 heterocycles. The van der Waals surface area contributed by atoms with Crippen molar-refractivity contribution in [2.45, 2.75) is 13.3 Å². The number of nitrogens with zero attached hydrogens (tertiary/aromatic N) is 2. The molecule has 7 heteroatoms. The minimum atomic E-state index is -1.65. The van der Waals surface area contributed by atoms with Gasteiger partial charge in [-0.1, -0.05) is 0 Å². The number of rotatable bonds is 4. The molecule has 24 heavy (non-hydrogen) atoms. The van der Waals surface area contributed by atoms with E-state index >= 15 is 0 Å². The molecule has 0 bridgehead atoms. The molecule has 1 aromatic carbocycles. The van der Waals surface area contributed by atoms with Crippen molar-refractivity contribution in [3.8, 4) is 0 Å². The summed E-state index contributed by atoms with van der Waals surface area (Å²) in [6.07, 6.45) is 4.15. The summed E-state index contributed by atoms with van der Waals surface area (Å²) in [6.45, 7) is 2.16. The molecule has 124 valence electrons. The van der Waals surface area contributed by atoms with Crippen LogP contribution in [-0.4, -0.2) is 21.8 Å². The van der Waals surface area contributed by atoms with E-state index in [4.69, 9.17) is 0 Å². The molecule has 1 N–H and O–H groups in total. The Bertz CT molecular complexity index is 921. The average molecular weight is 333 g/mol. The topological polar surface area (TPSA) is 46.4 Å². The van der Waals surface area contributed by atoms with E-state index in [1.807, 2.05) is 35.9 Å². The lowest BCUT2D eigenvalue weighted by Crippen LogP contribution is -2.27. The van der Waals surface area contributed by atoms with E-state index in [0.29, 0.717) is 6.42 Å². The van der Waals surface area contributed by atoms with Gasteiger partial charge in [-0.15, -0.1) is 0 Å². The quantitative estimate of drug-likeness (QED) is 0.746. The second-order valence-corrected chi connectivity index (χ2v) is 5.43. The van der Waals surface area contributed by atoms with E-state index in [0.717, 1.165) is 29.0 Å². The van der Waals surface area contributed by atoms with Gasteiger partial charge in [-0.2, -0.15) is 0 Å². The molecule has 0 aliphatic heterocycles. The third-order valence-corrected chi connectivity index (χ3v) is 3.61. The molecule has 3 aromatic rings.